The standard InChI is InChI=1S/C13H14ClFN4O2/c1-8-9(7-17-18-8)3-2-4-16-12-6-11(15)10(14)5-13(12)19(20)21/h5-7,16H,2-4H2,1H3,(H,17,18). The van der Waals surface area contributed by atoms with Gasteiger partial charge in [0.05, 0.1) is 16.1 Å². The maximum Gasteiger partial charge on any atom is 0.294 e. The molecule has 0 atom stereocenters. The van der Waals surface area contributed by atoms with Crippen molar-refractivity contribution in [1.82, 2.24) is 10.2 Å². The molecule has 0 radical (unpaired) electrons. The minimum atomic E-state index is -0.685. The number of halogens is 2. The van der Waals surface area contributed by atoms with Crippen LogP contribution in [0.15, 0.2) is 18.3 Å². The van der Waals surface area contributed by atoms with Gasteiger partial charge in [-0.25, -0.2) is 4.39 Å². The van der Waals surface area contributed by atoms with E-state index < -0.39 is 10.7 Å². The van der Waals surface area contributed by atoms with Crippen molar-refractivity contribution in [3.63, 3.8) is 0 Å². The minimum Gasteiger partial charge on any atom is -0.379 e. The highest BCUT2D eigenvalue weighted by Crippen LogP contribution is 2.30. The zero-order valence-corrected chi connectivity index (χ0v) is 12.1. The summed E-state index contributed by atoms with van der Waals surface area (Å²) in [6, 6.07) is 2.06. The van der Waals surface area contributed by atoms with Crippen LogP contribution in [-0.2, 0) is 6.42 Å². The molecule has 0 unspecified atom stereocenters. The predicted octanol–water partition coefficient (Wildman–Crippen LogP) is 3.46. The molecule has 0 fully saturated rings. The molecule has 1 aromatic heterocycles. The molecule has 0 saturated heterocycles. The van der Waals surface area contributed by atoms with E-state index in [9.17, 15) is 14.5 Å². The molecular formula is C13H14ClFN4O2. The highest BCUT2D eigenvalue weighted by molar-refractivity contribution is 6.31. The van der Waals surface area contributed by atoms with Gasteiger partial charge in [0.25, 0.3) is 5.69 Å². The summed E-state index contributed by atoms with van der Waals surface area (Å²) in [5.41, 5.74) is 1.99. The average molecular weight is 313 g/mol. The topological polar surface area (TPSA) is 83.8 Å². The van der Waals surface area contributed by atoms with Gasteiger partial charge < -0.3 is 5.32 Å². The Bertz CT molecular complexity index is 660. The SMILES string of the molecule is Cc1[nH]ncc1CCCNc1cc(F)c(Cl)cc1[N+](=O)[O-]. The van der Waals surface area contributed by atoms with Gasteiger partial charge in [-0.1, -0.05) is 11.6 Å². The van der Waals surface area contributed by atoms with Crippen molar-refractivity contribution in [2.45, 2.75) is 19.8 Å². The van der Waals surface area contributed by atoms with Crippen molar-refractivity contribution >= 4 is 23.0 Å². The minimum absolute atomic E-state index is 0.130. The van der Waals surface area contributed by atoms with Gasteiger partial charge in [-0.2, -0.15) is 5.10 Å². The number of hydrogen-bond donors (Lipinski definition) is 2. The lowest BCUT2D eigenvalue weighted by Gasteiger charge is -2.08. The van der Waals surface area contributed by atoms with Gasteiger partial charge in [0.15, 0.2) is 0 Å². The summed E-state index contributed by atoms with van der Waals surface area (Å²) in [7, 11) is 0. The molecule has 112 valence electrons. The van der Waals surface area contributed by atoms with Crippen LogP contribution in [-0.4, -0.2) is 21.7 Å². The van der Waals surface area contributed by atoms with E-state index in [0.29, 0.717) is 6.54 Å². The van der Waals surface area contributed by atoms with E-state index in [2.05, 4.69) is 15.5 Å². The molecule has 0 aliphatic carbocycles. The van der Waals surface area contributed by atoms with Crippen LogP contribution < -0.4 is 5.32 Å². The molecule has 8 heteroatoms. The lowest BCUT2D eigenvalue weighted by molar-refractivity contribution is -0.384. The van der Waals surface area contributed by atoms with Gasteiger partial charge in [-0.3, -0.25) is 15.2 Å². The Kier molecular flexibility index (Phi) is 4.74. The maximum absolute atomic E-state index is 13.4. The van der Waals surface area contributed by atoms with E-state index in [0.717, 1.165) is 36.2 Å². The van der Waals surface area contributed by atoms with Gasteiger partial charge in [0.2, 0.25) is 0 Å². The highest BCUT2D eigenvalue weighted by Gasteiger charge is 2.17. The third kappa shape index (κ3) is 3.69. The second-order valence-corrected chi connectivity index (χ2v) is 5.00. The molecule has 0 saturated carbocycles. The van der Waals surface area contributed by atoms with Crippen LogP contribution in [0.1, 0.15) is 17.7 Å². The maximum atomic E-state index is 13.4. The largest absolute Gasteiger partial charge is 0.379 e. The van der Waals surface area contributed by atoms with Crippen molar-refractivity contribution in [2.24, 2.45) is 0 Å². The summed E-state index contributed by atoms with van der Waals surface area (Å²) in [4.78, 5) is 10.3. The zero-order valence-electron chi connectivity index (χ0n) is 11.3. The zero-order chi connectivity index (χ0) is 15.4. The first-order valence-corrected chi connectivity index (χ1v) is 6.73. The summed E-state index contributed by atoms with van der Waals surface area (Å²) < 4.78 is 13.4. The quantitative estimate of drug-likeness (QED) is 0.486. The number of nitrogens with one attached hydrogen (secondary N) is 2. The smallest absolute Gasteiger partial charge is 0.294 e. The van der Waals surface area contributed by atoms with Crippen molar-refractivity contribution in [3.8, 4) is 0 Å². The highest BCUT2D eigenvalue weighted by atomic mass is 35.5. The number of benzene rings is 1. The summed E-state index contributed by atoms with van der Waals surface area (Å²) >= 11 is 5.56. The third-order valence-electron chi connectivity index (χ3n) is 3.11. The first kappa shape index (κ1) is 15.2. The molecule has 6 nitrogen and oxygen atoms in total. The summed E-state index contributed by atoms with van der Waals surface area (Å²) in [6.45, 7) is 2.40. The van der Waals surface area contributed by atoms with Crippen molar-refractivity contribution in [1.29, 1.82) is 0 Å². The Balaban J connectivity index is 1.98. The number of rotatable bonds is 6. The van der Waals surface area contributed by atoms with Crippen LogP contribution >= 0.6 is 11.6 Å². The normalized spacial score (nSPS) is 10.6. The van der Waals surface area contributed by atoms with E-state index in [1.54, 1.807) is 6.20 Å². The van der Waals surface area contributed by atoms with Crippen LogP contribution in [0.2, 0.25) is 5.02 Å². The molecule has 2 N–H and O–H groups in total. The number of aromatic amines is 1. The molecule has 0 bridgehead atoms. The number of anilines is 1. The van der Waals surface area contributed by atoms with Crippen molar-refractivity contribution in [3.05, 3.63) is 50.5 Å². The van der Waals surface area contributed by atoms with E-state index >= 15 is 0 Å². The monoisotopic (exact) mass is 312 g/mol. The molecule has 21 heavy (non-hydrogen) atoms. The van der Waals surface area contributed by atoms with E-state index in [-0.39, 0.29) is 16.4 Å². The fourth-order valence-corrected chi connectivity index (χ4v) is 2.12. The van der Waals surface area contributed by atoms with Gasteiger partial charge in [-0.15, -0.1) is 0 Å². The second-order valence-electron chi connectivity index (χ2n) is 4.59. The third-order valence-corrected chi connectivity index (χ3v) is 3.40. The van der Waals surface area contributed by atoms with Crippen LogP contribution in [0.3, 0.4) is 0 Å². The van der Waals surface area contributed by atoms with Gasteiger partial charge in [-0.05, 0) is 25.3 Å². The molecule has 0 amide bonds. The van der Waals surface area contributed by atoms with Gasteiger partial charge in [0.1, 0.15) is 11.5 Å². The first-order chi connectivity index (χ1) is 9.99. The predicted molar refractivity (Wildman–Crippen MR) is 78.2 cm³/mol. The van der Waals surface area contributed by atoms with Gasteiger partial charge in [0, 0.05) is 24.4 Å². The van der Waals surface area contributed by atoms with Crippen LogP contribution in [0.4, 0.5) is 15.8 Å². The molecule has 0 spiro atoms. The summed E-state index contributed by atoms with van der Waals surface area (Å²) in [5, 5.41) is 20.3. The Hall–Kier alpha value is -2.15. The number of H-pyrrole nitrogens is 1. The van der Waals surface area contributed by atoms with E-state index in [1.807, 2.05) is 6.92 Å². The fourth-order valence-electron chi connectivity index (χ4n) is 1.96. The van der Waals surface area contributed by atoms with Crippen LogP contribution in [0.25, 0.3) is 0 Å². The number of hydrogen-bond acceptors (Lipinski definition) is 4. The van der Waals surface area contributed by atoms with E-state index in [4.69, 9.17) is 11.6 Å². The average Bonchev–Trinajstić information content (AvgIpc) is 2.83. The molecule has 2 rings (SSSR count). The summed E-state index contributed by atoms with van der Waals surface area (Å²) in [6.07, 6.45) is 3.26. The Morgan fingerprint density at radius 1 is 1.52 bits per heavy atom. The first-order valence-electron chi connectivity index (χ1n) is 6.35. The molecule has 1 heterocycles. The molecule has 0 aliphatic rings. The van der Waals surface area contributed by atoms with Crippen molar-refractivity contribution in [2.75, 3.05) is 11.9 Å². The lowest BCUT2D eigenvalue weighted by atomic mass is 10.1. The molecule has 0 aliphatic heterocycles. The number of nitro groups is 1. The molecular weight excluding hydrogens is 299 g/mol. The Morgan fingerprint density at radius 3 is 2.90 bits per heavy atom. The number of nitro benzene ring substituents is 1. The lowest BCUT2D eigenvalue weighted by Crippen LogP contribution is -2.06. The Labute approximate surface area is 125 Å². The molecule has 2 aromatic rings. The number of nitrogens with zero attached hydrogens (tertiary/aromatic N) is 2. The summed E-state index contributed by atoms with van der Waals surface area (Å²) in [5.74, 6) is -0.685. The molecule has 1 aromatic carbocycles. The Morgan fingerprint density at radius 2 is 2.29 bits per heavy atom. The van der Waals surface area contributed by atoms with E-state index in [1.165, 1.54) is 0 Å². The number of aryl methyl sites for hydroxylation is 2. The van der Waals surface area contributed by atoms with Crippen LogP contribution in [0, 0.1) is 22.9 Å². The van der Waals surface area contributed by atoms with Crippen LogP contribution in [0.5, 0.6) is 0 Å². The van der Waals surface area contributed by atoms with Crippen molar-refractivity contribution < 1.29 is 9.31 Å². The second kappa shape index (κ2) is 6.53. The van der Waals surface area contributed by atoms with Gasteiger partial charge >= 0.3 is 0 Å². The number of aromatic nitrogens is 2. The fraction of sp³-hybridized carbons (Fsp3) is 0.308.